The number of carbonyl (C=O) groups excluding carboxylic acids is 1. The number of hydrogen-bond acceptors (Lipinski definition) is 7. The second kappa shape index (κ2) is 5.51. The lowest BCUT2D eigenvalue weighted by Gasteiger charge is -1.93. The zero-order valence-electron chi connectivity index (χ0n) is 10.8. The van der Waals surface area contributed by atoms with Crippen molar-refractivity contribution >= 4 is 5.91 Å². The van der Waals surface area contributed by atoms with Gasteiger partial charge in [0, 0.05) is 11.6 Å². The molecule has 2 aromatic heterocycles. The Morgan fingerprint density at radius 2 is 2.14 bits per heavy atom. The predicted octanol–water partition coefficient (Wildman–Crippen LogP) is -0.0201. The third-order valence-corrected chi connectivity index (χ3v) is 2.70. The Morgan fingerprint density at radius 1 is 1.33 bits per heavy atom. The van der Waals surface area contributed by atoms with Crippen LogP contribution in [-0.4, -0.2) is 31.3 Å². The molecule has 1 amide bonds. The Bertz CT molecular complexity index is 750. The van der Waals surface area contributed by atoms with Gasteiger partial charge in [-0.15, -0.1) is 10.2 Å². The fourth-order valence-corrected chi connectivity index (χ4v) is 1.72. The monoisotopic (exact) mass is 285 g/mol. The number of aromatic nitrogens is 5. The van der Waals surface area contributed by atoms with Crippen LogP contribution in [0.25, 0.3) is 11.4 Å². The van der Waals surface area contributed by atoms with E-state index in [2.05, 4.69) is 20.6 Å². The van der Waals surface area contributed by atoms with Crippen LogP contribution in [0.1, 0.15) is 16.2 Å². The van der Waals surface area contributed by atoms with E-state index in [0.717, 1.165) is 5.56 Å². The molecule has 3 N–H and O–H groups in total. The average molecular weight is 285 g/mol. The SMILES string of the molecule is NNC(=O)c1cc(Cn2nnc(-c3ccccc3)n2)on1. The number of nitrogens with two attached hydrogens (primary N) is 1. The first-order valence-corrected chi connectivity index (χ1v) is 6.06. The van der Waals surface area contributed by atoms with Crippen molar-refractivity contribution in [1.82, 2.24) is 30.8 Å². The fourth-order valence-electron chi connectivity index (χ4n) is 1.72. The number of benzene rings is 1. The lowest BCUT2D eigenvalue weighted by Crippen LogP contribution is -2.30. The number of hydrogen-bond donors (Lipinski definition) is 2. The van der Waals surface area contributed by atoms with Crippen LogP contribution in [0.15, 0.2) is 40.9 Å². The molecule has 0 saturated heterocycles. The predicted molar refractivity (Wildman–Crippen MR) is 70.5 cm³/mol. The molecule has 2 heterocycles. The summed E-state index contributed by atoms with van der Waals surface area (Å²) in [6.07, 6.45) is 0. The molecule has 0 spiro atoms. The normalized spacial score (nSPS) is 10.5. The first kappa shape index (κ1) is 12.9. The minimum absolute atomic E-state index is 0.0934. The van der Waals surface area contributed by atoms with Gasteiger partial charge in [0.1, 0.15) is 6.54 Å². The van der Waals surface area contributed by atoms with Gasteiger partial charge in [-0.3, -0.25) is 10.2 Å². The van der Waals surface area contributed by atoms with Crippen LogP contribution >= 0.6 is 0 Å². The summed E-state index contributed by atoms with van der Waals surface area (Å²) in [6, 6.07) is 10.9. The molecule has 1 aromatic carbocycles. The van der Waals surface area contributed by atoms with Gasteiger partial charge in [-0.2, -0.15) is 4.80 Å². The average Bonchev–Trinajstić information content (AvgIpc) is 3.17. The van der Waals surface area contributed by atoms with Crippen LogP contribution in [0.5, 0.6) is 0 Å². The molecule has 0 aliphatic rings. The molecule has 9 nitrogen and oxygen atoms in total. The number of tetrazole rings is 1. The maximum absolute atomic E-state index is 11.3. The van der Waals surface area contributed by atoms with Gasteiger partial charge in [0.15, 0.2) is 11.5 Å². The van der Waals surface area contributed by atoms with E-state index in [0.29, 0.717) is 11.6 Å². The van der Waals surface area contributed by atoms with Crippen LogP contribution in [0.4, 0.5) is 0 Å². The molecule has 0 aliphatic carbocycles. The Kier molecular flexibility index (Phi) is 3.39. The van der Waals surface area contributed by atoms with Crippen molar-refractivity contribution in [2.75, 3.05) is 0 Å². The molecule has 0 aliphatic heterocycles. The Labute approximate surface area is 118 Å². The molecule has 0 fully saturated rings. The van der Waals surface area contributed by atoms with E-state index in [1.807, 2.05) is 35.8 Å². The number of hydrazine groups is 1. The highest BCUT2D eigenvalue weighted by molar-refractivity contribution is 5.91. The standard InChI is InChI=1S/C12H11N7O2/c13-14-12(20)10-6-9(21-17-10)7-19-16-11(15-18-19)8-4-2-1-3-5-8/h1-6H,7,13H2,(H,14,20). The van der Waals surface area contributed by atoms with Crippen molar-refractivity contribution in [3.63, 3.8) is 0 Å². The number of amides is 1. The molecule has 106 valence electrons. The molecule has 0 atom stereocenters. The zero-order chi connectivity index (χ0) is 14.7. The topological polar surface area (TPSA) is 125 Å². The molecular formula is C12H11N7O2. The van der Waals surface area contributed by atoms with Crippen LogP contribution in [0, 0.1) is 0 Å². The van der Waals surface area contributed by atoms with E-state index in [1.165, 1.54) is 10.9 Å². The summed E-state index contributed by atoms with van der Waals surface area (Å²) < 4.78 is 5.01. The molecule has 0 radical (unpaired) electrons. The summed E-state index contributed by atoms with van der Waals surface area (Å²) in [5, 5.41) is 15.7. The van der Waals surface area contributed by atoms with Gasteiger partial charge in [-0.25, -0.2) is 5.84 Å². The first-order valence-electron chi connectivity index (χ1n) is 6.06. The van der Waals surface area contributed by atoms with Crippen LogP contribution in [-0.2, 0) is 6.54 Å². The summed E-state index contributed by atoms with van der Waals surface area (Å²) in [7, 11) is 0. The molecular weight excluding hydrogens is 274 g/mol. The van der Waals surface area contributed by atoms with Crippen molar-refractivity contribution in [3.8, 4) is 11.4 Å². The molecule has 3 aromatic rings. The van der Waals surface area contributed by atoms with E-state index < -0.39 is 5.91 Å². The second-order valence-electron chi connectivity index (χ2n) is 4.16. The minimum atomic E-state index is -0.526. The Hall–Kier alpha value is -3.07. The van der Waals surface area contributed by atoms with Gasteiger partial charge in [0.05, 0.1) is 0 Å². The largest absolute Gasteiger partial charge is 0.359 e. The zero-order valence-corrected chi connectivity index (χ0v) is 10.8. The summed E-state index contributed by atoms with van der Waals surface area (Å²) >= 11 is 0. The van der Waals surface area contributed by atoms with Crippen LogP contribution in [0.2, 0.25) is 0 Å². The number of nitrogen functional groups attached to an aromatic ring is 1. The summed E-state index contributed by atoms with van der Waals surface area (Å²) in [5.41, 5.74) is 2.93. The van der Waals surface area contributed by atoms with E-state index in [4.69, 9.17) is 10.4 Å². The first-order chi connectivity index (χ1) is 10.3. The van der Waals surface area contributed by atoms with E-state index in [1.54, 1.807) is 0 Å². The van der Waals surface area contributed by atoms with Crippen LogP contribution < -0.4 is 11.3 Å². The van der Waals surface area contributed by atoms with Crippen molar-refractivity contribution in [3.05, 3.63) is 47.9 Å². The molecule has 3 rings (SSSR count). The van der Waals surface area contributed by atoms with Crippen molar-refractivity contribution in [2.24, 2.45) is 5.84 Å². The lowest BCUT2D eigenvalue weighted by atomic mass is 10.2. The summed E-state index contributed by atoms with van der Waals surface area (Å²) in [6.45, 7) is 0.213. The van der Waals surface area contributed by atoms with Crippen molar-refractivity contribution in [2.45, 2.75) is 6.54 Å². The van der Waals surface area contributed by atoms with Crippen molar-refractivity contribution in [1.29, 1.82) is 0 Å². The quantitative estimate of drug-likeness (QED) is 0.392. The highest BCUT2D eigenvalue weighted by Gasteiger charge is 2.13. The third-order valence-electron chi connectivity index (χ3n) is 2.70. The molecule has 21 heavy (non-hydrogen) atoms. The lowest BCUT2D eigenvalue weighted by molar-refractivity contribution is 0.0944. The second-order valence-corrected chi connectivity index (χ2v) is 4.16. The van der Waals surface area contributed by atoms with Gasteiger partial charge in [-0.05, 0) is 5.21 Å². The summed E-state index contributed by atoms with van der Waals surface area (Å²) in [4.78, 5) is 12.6. The fraction of sp³-hybridized carbons (Fsp3) is 0.0833. The number of rotatable bonds is 4. The van der Waals surface area contributed by atoms with Gasteiger partial charge in [0.25, 0.3) is 5.91 Å². The van der Waals surface area contributed by atoms with Crippen molar-refractivity contribution < 1.29 is 9.32 Å². The van der Waals surface area contributed by atoms with Gasteiger partial charge >= 0.3 is 0 Å². The maximum Gasteiger partial charge on any atom is 0.287 e. The van der Waals surface area contributed by atoms with E-state index >= 15 is 0 Å². The number of carbonyl (C=O) groups is 1. The van der Waals surface area contributed by atoms with E-state index in [9.17, 15) is 4.79 Å². The maximum atomic E-state index is 11.3. The minimum Gasteiger partial charge on any atom is -0.359 e. The van der Waals surface area contributed by atoms with Crippen LogP contribution in [0.3, 0.4) is 0 Å². The molecule has 0 unspecified atom stereocenters. The molecule has 0 bridgehead atoms. The van der Waals surface area contributed by atoms with Gasteiger partial charge in [-0.1, -0.05) is 35.5 Å². The highest BCUT2D eigenvalue weighted by Crippen LogP contribution is 2.12. The Balaban J connectivity index is 1.76. The highest BCUT2D eigenvalue weighted by atomic mass is 16.5. The third kappa shape index (κ3) is 2.77. The smallest absolute Gasteiger partial charge is 0.287 e. The van der Waals surface area contributed by atoms with E-state index in [-0.39, 0.29) is 12.2 Å². The van der Waals surface area contributed by atoms with Gasteiger partial charge in [0.2, 0.25) is 5.82 Å². The molecule has 0 saturated carbocycles. The Morgan fingerprint density at radius 3 is 2.90 bits per heavy atom. The number of nitrogens with zero attached hydrogens (tertiary/aromatic N) is 5. The van der Waals surface area contributed by atoms with Gasteiger partial charge < -0.3 is 4.52 Å². The number of nitrogens with one attached hydrogen (secondary N) is 1. The molecule has 9 heteroatoms. The summed E-state index contributed by atoms with van der Waals surface area (Å²) in [5.74, 6) is 5.42.